The fourth-order valence-corrected chi connectivity index (χ4v) is 2.70. The molecule has 1 aromatic carbocycles. The van der Waals surface area contributed by atoms with Gasteiger partial charge in [-0.15, -0.1) is 0 Å². The summed E-state index contributed by atoms with van der Waals surface area (Å²) in [6.07, 6.45) is 0.709. The molecule has 0 aliphatic carbocycles. The Labute approximate surface area is 118 Å². The first-order chi connectivity index (χ1) is 9.49. The van der Waals surface area contributed by atoms with Gasteiger partial charge in [0.25, 0.3) is 0 Å². The molecule has 1 saturated heterocycles. The van der Waals surface area contributed by atoms with E-state index in [4.69, 9.17) is 5.84 Å². The van der Waals surface area contributed by atoms with Gasteiger partial charge in [-0.2, -0.15) is 0 Å². The van der Waals surface area contributed by atoms with E-state index >= 15 is 0 Å². The van der Waals surface area contributed by atoms with Crippen molar-refractivity contribution in [3.05, 3.63) is 35.4 Å². The molecule has 0 saturated carbocycles. The summed E-state index contributed by atoms with van der Waals surface area (Å²) in [7, 11) is 4.14. The lowest BCUT2D eigenvalue weighted by Crippen LogP contribution is -2.51. The van der Waals surface area contributed by atoms with Crippen LogP contribution >= 0.6 is 0 Å². The molecule has 0 amide bonds. The van der Waals surface area contributed by atoms with Gasteiger partial charge in [-0.1, -0.05) is 0 Å². The van der Waals surface area contributed by atoms with Crippen molar-refractivity contribution < 1.29 is 8.78 Å². The van der Waals surface area contributed by atoms with Crippen LogP contribution in [0.25, 0.3) is 0 Å². The number of piperazine rings is 1. The second-order valence-electron chi connectivity index (χ2n) is 5.55. The van der Waals surface area contributed by atoms with Crippen LogP contribution in [0.2, 0.25) is 0 Å². The SMILES string of the molecule is CN1CCN(C)C(CC(NN)c2cc(F)cc(F)c2)C1. The zero-order chi connectivity index (χ0) is 14.7. The van der Waals surface area contributed by atoms with Crippen LogP contribution in [-0.4, -0.2) is 49.6 Å². The summed E-state index contributed by atoms with van der Waals surface area (Å²) in [5.74, 6) is 4.43. The van der Waals surface area contributed by atoms with Crippen molar-refractivity contribution in [2.45, 2.75) is 18.5 Å². The smallest absolute Gasteiger partial charge is 0.126 e. The molecule has 3 N–H and O–H groups in total. The highest BCUT2D eigenvalue weighted by Gasteiger charge is 2.26. The summed E-state index contributed by atoms with van der Waals surface area (Å²) in [6.45, 7) is 2.94. The molecule has 0 bridgehead atoms. The molecule has 1 aliphatic rings. The molecule has 0 spiro atoms. The van der Waals surface area contributed by atoms with Crippen molar-refractivity contribution in [3.8, 4) is 0 Å². The van der Waals surface area contributed by atoms with Gasteiger partial charge < -0.3 is 9.80 Å². The van der Waals surface area contributed by atoms with Gasteiger partial charge in [0.1, 0.15) is 11.6 Å². The number of hydrogen-bond donors (Lipinski definition) is 2. The Hall–Kier alpha value is -1.08. The van der Waals surface area contributed by atoms with Gasteiger partial charge in [0, 0.05) is 37.8 Å². The molecule has 2 atom stereocenters. The summed E-state index contributed by atoms with van der Waals surface area (Å²) >= 11 is 0. The van der Waals surface area contributed by atoms with Crippen LogP contribution in [0.4, 0.5) is 8.78 Å². The molecule has 1 heterocycles. The molecule has 2 rings (SSSR count). The van der Waals surface area contributed by atoms with E-state index in [1.807, 2.05) is 0 Å². The third kappa shape index (κ3) is 3.73. The first-order valence-electron chi connectivity index (χ1n) is 6.80. The highest BCUT2D eigenvalue weighted by molar-refractivity contribution is 5.21. The van der Waals surface area contributed by atoms with E-state index in [-0.39, 0.29) is 6.04 Å². The molecule has 2 unspecified atom stereocenters. The molecule has 0 radical (unpaired) electrons. The third-order valence-corrected chi connectivity index (χ3v) is 3.98. The molecule has 6 heteroatoms. The van der Waals surface area contributed by atoms with Crippen LogP contribution in [0, 0.1) is 11.6 Å². The fraction of sp³-hybridized carbons (Fsp3) is 0.571. The van der Waals surface area contributed by atoms with Crippen LogP contribution in [0.5, 0.6) is 0 Å². The molecular formula is C14H22F2N4. The van der Waals surface area contributed by atoms with E-state index in [1.54, 1.807) is 0 Å². The Balaban J connectivity index is 2.11. The number of nitrogens with zero attached hydrogens (tertiary/aromatic N) is 2. The third-order valence-electron chi connectivity index (χ3n) is 3.98. The minimum Gasteiger partial charge on any atom is -0.304 e. The van der Waals surface area contributed by atoms with Crippen LogP contribution < -0.4 is 11.3 Å². The molecule has 0 aromatic heterocycles. The quantitative estimate of drug-likeness (QED) is 0.642. The average Bonchev–Trinajstić information content (AvgIpc) is 2.38. The van der Waals surface area contributed by atoms with E-state index in [9.17, 15) is 8.78 Å². The molecule has 1 aromatic rings. The minimum atomic E-state index is -0.575. The van der Waals surface area contributed by atoms with Gasteiger partial charge in [-0.25, -0.2) is 8.78 Å². The Kier molecular flexibility index (Phi) is 5.04. The zero-order valence-corrected chi connectivity index (χ0v) is 11.9. The van der Waals surface area contributed by atoms with Crippen molar-refractivity contribution >= 4 is 0 Å². The molecule has 4 nitrogen and oxygen atoms in total. The summed E-state index contributed by atoms with van der Waals surface area (Å²) in [4.78, 5) is 4.52. The van der Waals surface area contributed by atoms with Gasteiger partial charge in [-0.3, -0.25) is 11.3 Å². The van der Waals surface area contributed by atoms with E-state index in [0.29, 0.717) is 18.0 Å². The molecule has 112 valence electrons. The normalized spacial score (nSPS) is 22.9. The van der Waals surface area contributed by atoms with Crippen LogP contribution in [0.15, 0.2) is 18.2 Å². The second kappa shape index (κ2) is 6.58. The number of halogens is 2. The Morgan fingerprint density at radius 2 is 1.90 bits per heavy atom. The van der Waals surface area contributed by atoms with Crippen LogP contribution in [0.3, 0.4) is 0 Å². The Bertz CT molecular complexity index is 435. The predicted octanol–water partition coefficient (Wildman–Crippen LogP) is 1.11. The van der Waals surface area contributed by atoms with Crippen LogP contribution in [-0.2, 0) is 0 Å². The number of hydrazine groups is 1. The molecular weight excluding hydrogens is 262 g/mol. The van der Waals surface area contributed by atoms with Gasteiger partial charge in [0.15, 0.2) is 0 Å². The van der Waals surface area contributed by atoms with E-state index < -0.39 is 11.6 Å². The first-order valence-corrected chi connectivity index (χ1v) is 6.80. The number of benzene rings is 1. The minimum absolute atomic E-state index is 0.265. The number of nitrogens with one attached hydrogen (secondary N) is 1. The number of hydrogen-bond acceptors (Lipinski definition) is 4. The number of likely N-dealkylation sites (N-methyl/N-ethyl adjacent to an activating group) is 2. The number of nitrogens with two attached hydrogens (primary N) is 1. The van der Waals surface area contributed by atoms with E-state index in [2.05, 4.69) is 29.3 Å². The molecule has 20 heavy (non-hydrogen) atoms. The van der Waals surface area contributed by atoms with Crippen molar-refractivity contribution in [2.24, 2.45) is 5.84 Å². The topological polar surface area (TPSA) is 44.5 Å². The lowest BCUT2D eigenvalue weighted by atomic mass is 9.97. The summed E-state index contributed by atoms with van der Waals surface area (Å²) in [5, 5.41) is 0. The van der Waals surface area contributed by atoms with E-state index in [0.717, 1.165) is 25.7 Å². The average molecular weight is 284 g/mol. The van der Waals surface area contributed by atoms with Gasteiger partial charge >= 0.3 is 0 Å². The Morgan fingerprint density at radius 3 is 2.50 bits per heavy atom. The predicted molar refractivity (Wildman–Crippen MR) is 75.0 cm³/mol. The van der Waals surface area contributed by atoms with Crippen molar-refractivity contribution in [3.63, 3.8) is 0 Å². The maximum Gasteiger partial charge on any atom is 0.126 e. The summed E-state index contributed by atoms with van der Waals surface area (Å²) < 4.78 is 26.6. The zero-order valence-electron chi connectivity index (χ0n) is 11.9. The fourth-order valence-electron chi connectivity index (χ4n) is 2.70. The number of rotatable bonds is 4. The lowest BCUT2D eigenvalue weighted by Gasteiger charge is -2.39. The van der Waals surface area contributed by atoms with Gasteiger partial charge in [0.2, 0.25) is 0 Å². The highest BCUT2D eigenvalue weighted by atomic mass is 19.1. The Morgan fingerprint density at radius 1 is 1.25 bits per heavy atom. The summed E-state index contributed by atoms with van der Waals surface area (Å²) in [5.41, 5.74) is 3.22. The maximum absolute atomic E-state index is 13.3. The monoisotopic (exact) mass is 284 g/mol. The second-order valence-corrected chi connectivity index (χ2v) is 5.55. The lowest BCUT2D eigenvalue weighted by molar-refractivity contribution is 0.101. The standard InChI is InChI=1S/C14H22F2N4/c1-19-3-4-20(2)13(9-19)8-14(18-17)10-5-11(15)7-12(16)6-10/h5-7,13-14,18H,3-4,8-9,17H2,1-2H3. The first kappa shape index (κ1) is 15.3. The van der Waals surface area contributed by atoms with Gasteiger partial charge in [-0.05, 0) is 38.2 Å². The van der Waals surface area contributed by atoms with Gasteiger partial charge in [0.05, 0.1) is 0 Å². The highest BCUT2D eigenvalue weighted by Crippen LogP contribution is 2.23. The van der Waals surface area contributed by atoms with Crippen LogP contribution in [0.1, 0.15) is 18.0 Å². The summed E-state index contributed by atoms with van der Waals surface area (Å²) in [6, 6.07) is 3.58. The largest absolute Gasteiger partial charge is 0.304 e. The van der Waals surface area contributed by atoms with Crippen molar-refractivity contribution in [1.29, 1.82) is 0 Å². The molecule has 1 aliphatic heterocycles. The van der Waals surface area contributed by atoms with Crippen molar-refractivity contribution in [2.75, 3.05) is 33.7 Å². The molecule has 1 fully saturated rings. The van der Waals surface area contributed by atoms with E-state index in [1.165, 1.54) is 12.1 Å². The maximum atomic E-state index is 13.3. The van der Waals surface area contributed by atoms with Crippen molar-refractivity contribution in [1.82, 2.24) is 15.2 Å².